The summed E-state index contributed by atoms with van der Waals surface area (Å²) in [6, 6.07) is 8.95. The Morgan fingerprint density at radius 2 is 2.15 bits per heavy atom. The number of fused-ring (bicyclic) bond motifs is 2. The fourth-order valence-corrected chi connectivity index (χ4v) is 4.32. The molecule has 0 radical (unpaired) electrons. The summed E-state index contributed by atoms with van der Waals surface area (Å²) in [7, 11) is 0. The summed E-state index contributed by atoms with van der Waals surface area (Å²) >= 11 is 0. The molecule has 0 spiro atoms. The summed E-state index contributed by atoms with van der Waals surface area (Å²) in [5, 5.41) is 0. The lowest BCUT2D eigenvalue weighted by atomic mass is 9.88. The van der Waals surface area contributed by atoms with Crippen LogP contribution in [-0.4, -0.2) is 19.6 Å². The summed E-state index contributed by atoms with van der Waals surface area (Å²) in [6.07, 6.45) is 7.04. The summed E-state index contributed by atoms with van der Waals surface area (Å²) in [6.45, 7) is 5.32. The molecule has 2 bridgehead atoms. The molecule has 2 aliphatic rings. The van der Waals surface area contributed by atoms with E-state index in [-0.39, 0.29) is 0 Å². The van der Waals surface area contributed by atoms with Crippen molar-refractivity contribution in [2.24, 2.45) is 23.5 Å². The van der Waals surface area contributed by atoms with Crippen LogP contribution >= 0.6 is 0 Å². The maximum atomic E-state index is 5.73. The van der Waals surface area contributed by atoms with E-state index in [1.54, 1.807) is 0 Å². The Morgan fingerprint density at radius 1 is 1.25 bits per heavy atom. The molecule has 3 unspecified atom stereocenters. The monoisotopic (exact) mass is 272 g/mol. The van der Waals surface area contributed by atoms with Gasteiger partial charge in [0.05, 0.1) is 0 Å². The lowest BCUT2D eigenvalue weighted by Crippen LogP contribution is -2.33. The van der Waals surface area contributed by atoms with Gasteiger partial charge in [0.15, 0.2) is 0 Å². The molecule has 2 fully saturated rings. The Labute approximate surface area is 123 Å². The molecule has 0 aromatic heterocycles. The number of nitrogens with two attached hydrogens (primary N) is 1. The van der Waals surface area contributed by atoms with Crippen molar-refractivity contribution >= 4 is 5.69 Å². The van der Waals surface area contributed by atoms with Gasteiger partial charge in [-0.1, -0.05) is 18.6 Å². The number of rotatable bonds is 6. The van der Waals surface area contributed by atoms with Crippen LogP contribution < -0.4 is 10.6 Å². The summed E-state index contributed by atoms with van der Waals surface area (Å²) in [5.74, 6) is 2.97. The molecule has 2 heteroatoms. The van der Waals surface area contributed by atoms with E-state index in [0.717, 1.165) is 37.3 Å². The van der Waals surface area contributed by atoms with Gasteiger partial charge >= 0.3 is 0 Å². The molecule has 2 aliphatic carbocycles. The third kappa shape index (κ3) is 3.01. The molecule has 110 valence electrons. The average Bonchev–Trinajstić information content (AvgIpc) is 3.06. The molecule has 0 saturated heterocycles. The van der Waals surface area contributed by atoms with Crippen molar-refractivity contribution in [3.05, 3.63) is 29.8 Å². The molecule has 3 rings (SSSR count). The number of anilines is 1. The van der Waals surface area contributed by atoms with E-state index in [2.05, 4.69) is 36.1 Å². The van der Waals surface area contributed by atoms with Gasteiger partial charge in [-0.15, -0.1) is 0 Å². The fourth-order valence-electron chi connectivity index (χ4n) is 4.32. The Hall–Kier alpha value is -1.02. The normalized spacial score (nSPS) is 28.0. The fraction of sp³-hybridized carbons (Fsp3) is 0.667. The van der Waals surface area contributed by atoms with Crippen molar-refractivity contribution in [1.82, 2.24) is 0 Å². The number of aryl methyl sites for hydroxylation is 1. The van der Waals surface area contributed by atoms with Crippen LogP contribution in [0.2, 0.25) is 0 Å². The first-order valence-electron chi connectivity index (χ1n) is 8.28. The van der Waals surface area contributed by atoms with Crippen molar-refractivity contribution in [1.29, 1.82) is 0 Å². The van der Waals surface area contributed by atoms with Gasteiger partial charge in [-0.2, -0.15) is 0 Å². The van der Waals surface area contributed by atoms with Crippen LogP contribution in [-0.2, 0) is 0 Å². The first kappa shape index (κ1) is 13.9. The highest BCUT2D eigenvalue weighted by Crippen LogP contribution is 2.48. The molecule has 0 heterocycles. The van der Waals surface area contributed by atoms with E-state index in [1.165, 1.54) is 43.5 Å². The van der Waals surface area contributed by atoms with Crippen molar-refractivity contribution < 1.29 is 0 Å². The van der Waals surface area contributed by atoms with Crippen LogP contribution in [0.4, 0.5) is 5.69 Å². The summed E-state index contributed by atoms with van der Waals surface area (Å²) < 4.78 is 0. The molecular weight excluding hydrogens is 244 g/mol. The quantitative estimate of drug-likeness (QED) is 0.857. The van der Waals surface area contributed by atoms with Crippen LogP contribution in [0.5, 0.6) is 0 Å². The molecule has 20 heavy (non-hydrogen) atoms. The Kier molecular flexibility index (Phi) is 4.30. The smallest absolute Gasteiger partial charge is 0.0368 e. The minimum atomic E-state index is 0.791. The summed E-state index contributed by atoms with van der Waals surface area (Å²) in [4.78, 5) is 2.59. The van der Waals surface area contributed by atoms with Crippen LogP contribution in [0.25, 0.3) is 0 Å². The van der Waals surface area contributed by atoms with Crippen LogP contribution in [0.3, 0.4) is 0 Å². The van der Waals surface area contributed by atoms with E-state index in [1.807, 2.05) is 0 Å². The topological polar surface area (TPSA) is 29.3 Å². The highest BCUT2D eigenvalue weighted by Gasteiger charge is 2.39. The van der Waals surface area contributed by atoms with Crippen molar-refractivity contribution in [3.63, 3.8) is 0 Å². The number of hydrogen-bond donors (Lipinski definition) is 1. The lowest BCUT2D eigenvalue weighted by Gasteiger charge is -2.32. The van der Waals surface area contributed by atoms with Gasteiger partial charge in [0, 0.05) is 18.8 Å². The van der Waals surface area contributed by atoms with E-state index >= 15 is 0 Å². The van der Waals surface area contributed by atoms with Crippen LogP contribution in [0, 0.1) is 24.7 Å². The Morgan fingerprint density at radius 3 is 2.80 bits per heavy atom. The second-order valence-corrected chi connectivity index (χ2v) is 6.86. The maximum absolute atomic E-state index is 5.73. The molecule has 1 aromatic carbocycles. The van der Waals surface area contributed by atoms with Gasteiger partial charge in [0.25, 0.3) is 0 Å². The molecule has 2 N–H and O–H groups in total. The zero-order valence-electron chi connectivity index (χ0n) is 12.7. The van der Waals surface area contributed by atoms with Gasteiger partial charge in [0.2, 0.25) is 0 Å². The average molecular weight is 272 g/mol. The van der Waals surface area contributed by atoms with Gasteiger partial charge in [-0.3, -0.25) is 0 Å². The molecule has 1 aromatic rings. The minimum absolute atomic E-state index is 0.791. The predicted molar refractivity (Wildman–Crippen MR) is 86.0 cm³/mol. The van der Waals surface area contributed by atoms with Crippen molar-refractivity contribution in [2.75, 3.05) is 24.5 Å². The molecule has 2 saturated carbocycles. The third-order valence-electron chi connectivity index (χ3n) is 5.34. The minimum Gasteiger partial charge on any atom is -0.371 e. The van der Waals surface area contributed by atoms with E-state index in [0.29, 0.717) is 0 Å². The Bertz CT molecular complexity index is 443. The van der Waals surface area contributed by atoms with E-state index in [9.17, 15) is 0 Å². The molecular formula is C18H28N2. The highest BCUT2D eigenvalue weighted by atomic mass is 15.1. The zero-order chi connectivity index (χ0) is 13.9. The molecule has 0 aliphatic heterocycles. The first-order valence-corrected chi connectivity index (χ1v) is 8.28. The number of nitrogens with zero attached hydrogens (tertiary/aromatic N) is 1. The first-order chi connectivity index (χ1) is 9.76. The second kappa shape index (κ2) is 6.17. The molecule has 3 atom stereocenters. The SMILES string of the molecule is Cc1cccc(N(CCCN)CC2CC3CCC2C3)c1. The highest BCUT2D eigenvalue weighted by molar-refractivity contribution is 5.48. The lowest BCUT2D eigenvalue weighted by molar-refractivity contribution is 0.333. The van der Waals surface area contributed by atoms with Gasteiger partial charge in [-0.25, -0.2) is 0 Å². The summed E-state index contributed by atoms with van der Waals surface area (Å²) in [5.41, 5.74) is 8.47. The Balaban J connectivity index is 1.69. The van der Waals surface area contributed by atoms with E-state index < -0.39 is 0 Å². The van der Waals surface area contributed by atoms with Gasteiger partial charge in [0.1, 0.15) is 0 Å². The molecule has 2 nitrogen and oxygen atoms in total. The van der Waals surface area contributed by atoms with Gasteiger partial charge in [-0.05, 0) is 74.6 Å². The van der Waals surface area contributed by atoms with Crippen LogP contribution in [0.15, 0.2) is 24.3 Å². The van der Waals surface area contributed by atoms with Crippen molar-refractivity contribution in [2.45, 2.75) is 39.0 Å². The van der Waals surface area contributed by atoms with Crippen molar-refractivity contribution in [3.8, 4) is 0 Å². The largest absolute Gasteiger partial charge is 0.371 e. The predicted octanol–water partition coefficient (Wildman–Crippen LogP) is 3.59. The standard InChI is InChI=1S/C18H28N2/c1-14-4-2-5-18(10-14)20(9-3-8-19)13-17-12-15-6-7-16(17)11-15/h2,4-5,10,15-17H,3,6-9,11-13,19H2,1H3. The second-order valence-electron chi connectivity index (χ2n) is 6.86. The molecule has 0 amide bonds. The van der Waals surface area contributed by atoms with E-state index in [4.69, 9.17) is 5.73 Å². The van der Waals surface area contributed by atoms with Crippen LogP contribution in [0.1, 0.15) is 37.7 Å². The van der Waals surface area contributed by atoms with Gasteiger partial charge < -0.3 is 10.6 Å². The number of hydrogen-bond acceptors (Lipinski definition) is 2. The third-order valence-corrected chi connectivity index (χ3v) is 5.34. The number of benzene rings is 1. The zero-order valence-corrected chi connectivity index (χ0v) is 12.7. The maximum Gasteiger partial charge on any atom is 0.0368 e.